The first-order valence-corrected chi connectivity index (χ1v) is 18.4. The van der Waals surface area contributed by atoms with Gasteiger partial charge in [-0.2, -0.15) is 4.31 Å². The summed E-state index contributed by atoms with van der Waals surface area (Å²) in [4.78, 5) is 28.0. The second kappa shape index (κ2) is 15.5. The number of β-amino-alcohol motifs (C(OH)–C–C–N with tert-alkyl or cyclic N) is 1. The number of methoxy groups -OCH3 is 1. The largest absolute Gasteiger partial charge is 0.497 e. The summed E-state index contributed by atoms with van der Waals surface area (Å²) in [5.74, 6) is -0.541. The molecule has 6 atom stereocenters. The van der Waals surface area contributed by atoms with Crippen molar-refractivity contribution in [3.63, 3.8) is 0 Å². The lowest BCUT2D eigenvalue weighted by Crippen LogP contribution is -2.48. The highest BCUT2D eigenvalue weighted by molar-refractivity contribution is 7.89. The van der Waals surface area contributed by atoms with E-state index in [2.05, 4.69) is 0 Å². The van der Waals surface area contributed by atoms with E-state index in [1.54, 1.807) is 17.0 Å². The smallest absolute Gasteiger partial charge is 0.306 e. The minimum atomic E-state index is -4.25. The van der Waals surface area contributed by atoms with Gasteiger partial charge in [0.05, 0.1) is 45.4 Å². The van der Waals surface area contributed by atoms with E-state index in [9.17, 15) is 23.1 Å². The summed E-state index contributed by atoms with van der Waals surface area (Å²) in [6.07, 6.45) is 2.06. The van der Waals surface area contributed by atoms with E-state index >= 15 is 0 Å². The number of hydrogen-bond acceptors (Lipinski definition) is 10. The monoisotopic (exact) mass is 686 g/mol. The van der Waals surface area contributed by atoms with Crippen LogP contribution in [0, 0.1) is 11.8 Å². The fourth-order valence-corrected chi connectivity index (χ4v) is 8.82. The number of hydrogen-bond donors (Lipinski definition) is 1. The summed E-state index contributed by atoms with van der Waals surface area (Å²) in [6, 6.07) is 13.7. The molecule has 0 aromatic heterocycles. The zero-order valence-corrected chi connectivity index (χ0v) is 28.2. The predicted octanol–water partition coefficient (Wildman–Crippen LogP) is 3.15. The zero-order valence-electron chi connectivity index (χ0n) is 27.4. The second-order valence-electron chi connectivity index (χ2n) is 13.1. The maximum atomic E-state index is 14.5. The van der Waals surface area contributed by atoms with Gasteiger partial charge >= 0.3 is 5.97 Å². The number of esters is 1. The average molecular weight is 687 g/mol. The van der Waals surface area contributed by atoms with Crippen LogP contribution in [0.5, 0.6) is 11.5 Å². The Morgan fingerprint density at radius 2 is 1.90 bits per heavy atom. The molecule has 2 aromatic carbocycles. The van der Waals surface area contributed by atoms with Crippen molar-refractivity contribution in [2.45, 2.75) is 80.8 Å². The average Bonchev–Trinajstić information content (AvgIpc) is 3.79. The van der Waals surface area contributed by atoms with E-state index in [-0.39, 0.29) is 60.9 Å². The van der Waals surface area contributed by atoms with Crippen molar-refractivity contribution >= 4 is 21.9 Å². The van der Waals surface area contributed by atoms with Crippen LogP contribution in [0.25, 0.3) is 0 Å². The van der Waals surface area contributed by atoms with Gasteiger partial charge in [-0.05, 0) is 56.2 Å². The molecule has 3 fully saturated rings. The molecular weight excluding hydrogens is 640 g/mol. The van der Waals surface area contributed by atoms with Gasteiger partial charge in [0, 0.05) is 44.1 Å². The standard InChI is InChI=1S/C35H46N2O10S/c1-43-27-11-12-32-30(20-27)44-16-7-3-6-15-37-26(10-13-33(37)39)21-36(48(32,41)42)22-29(38)25(18-24-8-4-2-5-9-24)19-34(40)47-31-23-46-35-28(31)14-17-45-35/h2,4-5,8-9,11-12,20,25-26,28-29,31,35,38H,3,6-7,10,13-19,21-23H2,1H3/t25-,26-,28+,29-,31+,35-/m1/s1. The second-order valence-corrected chi connectivity index (χ2v) is 15.0. The van der Waals surface area contributed by atoms with Gasteiger partial charge in [0.25, 0.3) is 0 Å². The molecule has 0 aliphatic carbocycles. The number of nitrogens with zero attached hydrogens (tertiary/aromatic N) is 2. The molecule has 6 rings (SSSR count). The van der Waals surface area contributed by atoms with E-state index in [1.807, 2.05) is 30.3 Å². The Morgan fingerprint density at radius 3 is 2.71 bits per heavy atom. The molecule has 0 saturated carbocycles. The topological polar surface area (TPSA) is 141 Å². The summed E-state index contributed by atoms with van der Waals surface area (Å²) < 4.78 is 58.8. The first-order chi connectivity index (χ1) is 23.2. The first kappa shape index (κ1) is 34.6. The highest BCUT2D eigenvalue weighted by Crippen LogP contribution is 2.35. The Kier molecular flexibility index (Phi) is 11.2. The molecule has 1 amide bonds. The number of aliphatic hydroxyl groups excluding tert-OH is 1. The SMILES string of the molecule is COc1ccc2c(c1)OCCCCCN1C(=O)CC[C@@H]1CN(C[C@@H](O)[C@@H](CC(=O)O[C@H]1CO[C@H]3OCC[C@H]31)Cc1ccccc1)S2(=O)=O. The number of amides is 1. The Bertz CT molecular complexity index is 1520. The lowest BCUT2D eigenvalue weighted by molar-refractivity contribution is -0.153. The predicted molar refractivity (Wildman–Crippen MR) is 174 cm³/mol. The van der Waals surface area contributed by atoms with Gasteiger partial charge in [0.2, 0.25) is 15.9 Å². The van der Waals surface area contributed by atoms with Crippen molar-refractivity contribution in [2.24, 2.45) is 11.8 Å². The van der Waals surface area contributed by atoms with Crippen LogP contribution in [-0.2, 0) is 40.2 Å². The Hall–Kier alpha value is -3.23. The molecule has 4 heterocycles. The third-order valence-electron chi connectivity index (χ3n) is 9.91. The van der Waals surface area contributed by atoms with Crippen LogP contribution < -0.4 is 9.47 Å². The number of rotatable bonds is 9. The van der Waals surface area contributed by atoms with E-state index in [1.165, 1.54) is 17.5 Å². The number of carbonyl (C=O) groups excluding carboxylic acids is 2. The zero-order chi connectivity index (χ0) is 33.7. The van der Waals surface area contributed by atoms with Gasteiger partial charge in [-0.25, -0.2) is 8.42 Å². The minimum Gasteiger partial charge on any atom is -0.497 e. The number of aliphatic hydroxyl groups is 1. The summed E-state index contributed by atoms with van der Waals surface area (Å²) in [5, 5.41) is 11.9. The molecule has 0 spiro atoms. The van der Waals surface area contributed by atoms with Crippen LogP contribution in [0.4, 0.5) is 0 Å². The molecule has 1 N–H and O–H groups in total. The lowest BCUT2D eigenvalue weighted by atomic mass is 9.90. The molecule has 13 heteroatoms. The molecule has 4 aliphatic rings. The van der Waals surface area contributed by atoms with E-state index in [4.69, 9.17) is 23.7 Å². The molecule has 0 radical (unpaired) electrons. The molecule has 12 nitrogen and oxygen atoms in total. The van der Waals surface area contributed by atoms with Crippen LogP contribution in [0.1, 0.15) is 50.5 Å². The van der Waals surface area contributed by atoms with Crippen molar-refractivity contribution in [3.05, 3.63) is 54.1 Å². The van der Waals surface area contributed by atoms with Crippen LogP contribution >= 0.6 is 0 Å². The van der Waals surface area contributed by atoms with Gasteiger partial charge < -0.3 is 33.7 Å². The quantitative estimate of drug-likeness (QED) is 0.391. The lowest BCUT2D eigenvalue weighted by Gasteiger charge is -2.33. The normalized spacial score (nSPS) is 27.3. The molecule has 0 bridgehead atoms. The Balaban J connectivity index is 1.28. The molecule has 3 saturated heterocycles. The van der Waals surface area contributed by atoms with Crippen molar-refractivity contribution in [3.8, 4) is 11.5 Å². The number of sulfonamides is 1. The maximum absolute atomic E-state index is 14.5. The van der Waals surface area contributed by atoms with Crippen molar-refractivity contribution in [2.75, 3.05) is 46.6 Å². The first-order valence-electron chi connectivity index (χ1n) is 17.0. The highest BCUT2D eigenvalue weighted by atomic mass is 32.2. The van der Waals surface area contributed by atoms with Crippen LogP contribution in [0.15, 0.2) is 53.4 Å². The van der Waals surface area contributed by atoms with Crippen LogP contribution in [0.3, 0.4) is 0 Å². The van der Waals surface area contributed by atoms with Gasteiger partial charge in [-0.3, -0.25) is 9.59 Å². The van der Waals surface area contributed by atoms with E-state index in [0.717, 1.165) is 24.8 Å². The summed E-state index contributed by atoms with van der Waals surface area (Å²) in [5.41, 5.74) is 0.897. The molecular formula is C35H46N2O10S. The fourth-order valence-electron chi connectivity index (χ4n) is 7.22. The van der Waals surface area contributed by atoms with Crippen LogP contribution in [0.2, 0.25) is 0 Å². The third-order valence-corrected chi connectivity index (χ3v) is 11.8. The fraction of sp³-hybridized carbons (Fsp3) is 0.600. The number of ether oxygens (including phenoxy) is 5. The summed E-state index contributed by atoms with van der Waals surface area (Å²) in [7, 11) is -2.75. The maximum Gasteiger partial charge on any atom is 0.306 e. The van der Waals surface area contributed by atoms with Crippen LogP contribution in [-0.4, -0.2) is 106 Å². The summed E-state index contributed by atoms with van der Waals surface area (Å²) >= 11 is 0. The van der Waals surface area contributed by atoms with E-state index < -0.39 is 34.1 Å². The summed E-state index contributed by atoms with van der Waals surface area (Å²) in [6.45, 7) is 1.34. The van der Waals surface area contributed by atoms with Gasteiger partial charge in [-0.15, -0.1) is 0 Å². The van der Waals surface area contributed by atoms with Gasteiger partial charge in [-0.1, -0.05) is 30.3 Å². The number of benzene rings is 2. The third kappa shape index (κ3) is 7.97. The molecule has 48 heavy (non-hydrogen) atoms. The molecule has 262 valence electrons. The van der Waals surface area contributed by atoms with Crippen molar-refractivity contribution in [1.82, 2.24) is 9.21 Å². The highest BCUT2D eigenvalue weighted by Gasteiger charge is 2.44. The van der Waals surface area contributed by atoms with Gasteiger partial charge in [0.15, 0.2) is 6.29 Å². The molecule has 2 aromatic rings. The van der Waals surface area contributed by atoms with Crippen molar-refractivity contribution in [1.29, 1.82) is 0 Å². The molecule has 0 unspecified atom stereocenters. The number of carbonyl (C=O) groups is 2. The van der Waals surface area contributed by atoms with Crippen molar-refractivity contribution < 1.29 is 46.8 Å². The van der Waals surface area contributed by atoms with E-state index in [0.29, 0.717) is 51.2 Å². The Labute approximate surface area is 282 Å². The molecule has 4 aliphatic heterocycles. The number of fused-ring (bicyclic) bond motifs is 3. The minimum absolute atomic E-state index is 0.00157. The van der Waals surface area contributed by atoms with Gasteiger partial charge in [0.1, 0.15) is 22.5 Å². The Morgan fingerprint density at radius 1 is 1.06 bits per heavy atom.